The first-order valence-corrected chi connectivity index (χ1v) is 5.61. The molecule has 82 valence electrons. The van der Waals surface area contributed by atoms with Crippen molar-refractivity contribution in [3.63, 3.8) is 0 Å². The van der Waals surface area contributed by atoms with Crippen LogP contribution in [0.15, 0.2) is 36.8 Å². The number of rotatable bonds is 3. The minimum Gasteiger partial charge on any atom is -0.390 e. The lowest BCUT2D eigenvalue weighted by molar-refractivity contribution is 0.277. The molecule has 1 heterocycles. The van der Waals surface area contributed by atoms with E-state index in [1.807, 2.05) is 10.8 Å². The lowest BCUT2D eigenvalue weighted by atomic mass is 10.1. The van der Waals surface area contributed by atoms with Crippen LogP contribution in [-0.4, -0.2) is 14.7 Å². The van der Waals surface area contributed by atoms with Crippen LogP contribution in [-0.2, 0) is 6.61 Å². The SMILES string of the molecule is OCc1cn(-c2cccc(C3CC3)c2)cn1. The Morgan fingerprint density at radius 1 is 1.38 bits per heavy atom. The van der Waals surface area contributed by atoms with Crippen molar-refractivity contribution in [1.29, 1.82) is 0 Å². The Hall–Kier alpha value is -1.61. The van der Waals surface area contributed by atoms with Crippen LogP contribution in [0.25, 0.3) is 5.69 Å². The van der Waals surface area contributed by atoms with Crippen LogP contribution in [0.3, 0.4) is 0 Å². The molecule has 1 aromatic heterocycles. The van der Waals surface area contributed by atoms with Crippen molar-refractivity contribution in [3.8, 4) is 5.69 Å². The van der Waals surface area contributed by atoms with E-state index in [0.717, 1.165) is 11.6 Å². The summed E-state index contributed by atoms with van der Waals surface area (Å²) in [6.07, 6.45) is 6.24. The maximum absolute atomic E-state index is 8.97. The van der Waals surface area contributed by atoms with E-state index in [-0.39, 0.29) is 6.61 Å². The fourth-order valence-corrected chi connectivity index (χ4v) is 1.94. The second-order valence-electron chi connectivity index (χ2n) is 4.30. The van der Waals surface area contributed by atoms with Crippen LogP contribution in [0.5, 0.6) is 0 Å². The second kappa shape index (κ2) is 3.76. The summed E-state index contributed by atoms with van der Waals surface area (Å²) < 4.78 is 1.96. The van der Waals surface area contributed by atoms with Crippen LogP contribution >= 0.6 is 0 Å². The molecule has 0 unspecified atom stereocenters. The topological polar surface area (TPSA) is 38.0 Å². The standard InChI is InChI=1S/C13H14N2O/c16-8-12-7-15(9-14-12)13-3-1-2-11(6-13)10-4-5-10/h1-3,6-7,9-10,16H,4-5,8H2. The third-order valence-electron chi connectivity index (χ3n) is 3.02. The largest absolute Gasteiger partial charge is 0.390 e. The third kappa shape index (κ3) is 1.74. The fourth-order valence-electron chi connectivity index (χ4n) is 1.94. The Labute approximate surface area is 94.4 Å². The van der Waals surface area contributed by atoms with Crippen LogP contribution in [0.1, 0.15) is 30.0 Å². The number of benzene rings is 1. The lowest BCUT2D eigenvalue weighted by Gasteiger charge is -2.04. The predicted octanol–water partition coefficient (Wildman–Crippen LogP) is 2.24. The van der Waals surface area contributed by atoms with E-state index in [2.05, 4.69) is 29.2 Å². The minimum absolute atomic E-state index is 0.00465. The van der Waals surface area contributed by atoms with Crippen molar-refractivity contribution >= 4 is 0 Å². The zero-order valence-corrected chi connectivity index (χ0v) is 9.00. The van der Waals surface area contributed by atoms with Crippen molar-refractivity contribution in [2.75, 3.05) is 0 Å². The number of aliphatic hydroxyl groups excluding tert-OH is 1. The first-order chi connectivity index (χ1) is 7.86. The number of imidazole rings is 1. The molecule has 1 saturated carbocycles. The highest BCUT2D eigenvalue weighted by Crippen LogP contribution is 2.40. The Kier molecular flexibility index (Phi) is 2.26. The normalized spacial score (nSPS) is 15.3. The highest BCUT2D eigenvalue weighted by atomic mass is 16.3. The van der Waals surface area contributed by atoms with Gasteiger partial charge in [-0.15, -0.1) is 0 Å². The van der Waals surface area contributed by atoms with Gasteiger partial charge in [-0.1, -0.05) is 12.1 Å². The molecule has 1 fully saturated rings. The summed E-state index contributed by atoms with van der Waals surface area (Å²) in [4.78, 5) is 4.11. The van der Waals surface area contributed by atoms with Crippen molar-refractivity contribution in [1.82, 2.24) is 9.55 Å². The zero-order chi connectivity index (χ0) is 11.0. The van der Waals surface area contributed by atoms with Crippen LogP contribution < -0.4 is 0 Å². The van der Waals surface area contributed by atoms with E-state index in [9.17, 15) is 0 Å². The Morgan fingerprint density at radius 2 is 2.25 bits per heavy atom. The first kappa shape index (κ1) is 9.60. The summed E-state index contributed by atoms with van der Waals surface area (Å²) in [5, 5.41) is 8.97. The molecular weight excluding hydrogens is 200 g/mol. The molecule has 1 N–H and O–H groups in total. The highest BCUT2D eigenvalue weighted by molar-refractivity contribution is 5.39. The quantitative estimate of drug-likeness (QED) is 0.851. The smallest absolute Gasteiger partial charge is 0.0996 e. The molecule has 0 spiro atoms. The van der Waals surface area contributed by atoms with Gasteiger partial charge in [0.25, 0.3) is 0 Å². The Morgan fingerprint density at radius 3 is 2.94 bits per heavy atom. The molecule has 1 aromatic carbocycles. The second-order valence-corrected chi connectivity index (χ2v) is 4.30. The van der Waals surface area contributed by atoms with E-state index in [1.54, 1.807) is 6.33 Å². The van der Waals surface area contributed by atoms with E-state index >= 15 is 0 Å². The maximum atomic E-state index is 8.97. The Balaban J connectivity index is 1.95. The van der Waals surface area contributed by atoms with Crippen LogP contribution in [0, 0.1) is 0 Å². The van der Waals surface area contributed by atoms with Gasteiger partial charge in [0, 0.05) is 11.9 Å². The van der Waals surface area contributed by atoms with E-state index in [4.69, 9.17) is 5.11 Å². The van der Waals surface area contributed by atoms with Gasteiger partial charge in [0.2, 0.25) is 0 Å². The van der Waals surface area contributed by atoms with Crippen LogP contribution in [0.4, 0.5) is 0 Å². The molecule has 3 nitrogen and oxygen atoms in total. The summed E-state index contributed by atoms with van der Waals surface area (Å²) in [6.45, 7) is -0.00465. The monoisotopic (exact) mass is 214 g/mol. The van der Waals surface area contributed by atoms with Gasteiger partial charge >= 0.3 is 0 Å². The average Bonchev–Trinajstić information content (AvgIpc) is 3.07. The fraction of sp³-hybridized carbons (Fsp3) is 0.308. The summed E-state index contributed by atoms with van der Waals surface area (Å²) in [5.41, 5.74) is 3.24. The van der Waals surface area contributed by atoms with Gasteiger partial charge < -0.3 is 9.67 Å². The van der Waals surface area contributed by atoms with Gasteiger partial charge in [-0.25, -0.2) is 4.98 Å². The number of nitrogens with zero attached hydrogens (tertiary/aromatic N) is 2. The third-order valence-corrected chi connectivity index (χ3v) is 3.02. The minimum atomic E-state index is -0.00465. The van der Waals surface area contributed by atoms with Crippen molar-refractivity contribution < 1.29 is 5.11 Å². The van der Waals surface area contributed by atoms with Crippen molar-refractivity contribution in [2.24, 2.45) is 0 Å². The van der Waals surface area contributed by atoms with Gasteiger partial charge in [0.05, 0.1) is 18.6 Å². The molecule has 2 aromatic rings. The molecule has 1 aliphatic carbocycles. The number of aliphatic hydroxyl groups is 1. The number of hydrogen-bond acceptors (Lipinski definition) is 2. The number of aromatic nitrogens is 2. The van der Waals surface area contributed by atoms with Crippen molar-refractivity contribution in [3.05, 3.63) is 48.0 Å². The molecule has 0 aliphatic heterocycles. The molecule has 0 amide bonds. The van der Waals surface area contributed by atoms with E-state index < -0.39 is 0 Å². The van der Waals surface area contributed by atoms with Crippen molar-refractivity contribution in [2.45, 2.75) is 25.4 Å². The highest BCUT2D eigenvalue weighted by Gasteiger charge is 2.23. The molecule has 16 heavy (non-hydrogen) atoms. The first-order valence-electron chi connectivity index (χ1n) is 5.61. The molecule has 3 rings (SSSR count). The summed E-state index contributed by atoms with van der Waals surface area (Å²) in [6, 6.07) is 8.54. The van der Waals surface area contributed by atoms with Gasteiger partial charge in [-0.3, -0.25) is 0 Å². The number of hydrogen-bond donors (Lipinski definition) is 1. The van der Waals surface area contributed by atoms with E-state index in [1.165, 1.54) is 18.4 Å². The molecule has 0 saturated heterocycles. The Bertz CT molecular complexity index is 500. The molecule has 3 heteroatoms. The lowest BCUT2D eigenvalue weighted by Crippen LogP contribution is -1.91. The molecule has 0 atom stereocenters. The maximum Gasteiger partial charge on any atom is 0.0996 e. The molecule has 1 aliphatic rings. The van der Waals surface area contributed by atoms with Gasteiger partial charge in [-0.05, 0) is 36.5 Å². The molecule has 0 radical (unpaired) electrons. The van der Waals surface area contributed by atoms with Gasteiger partial charge in [0.1, 0.15) is 0 Å². The summed E-state index contributed by atoms with van der Waals surface area (Å²) in [7, 11) is 0. The summed E-state index contributed by atoms with van der Waals surface area (Å²) >= 11 is 0. The van der Waals surface area contributed by atoms with Crippen LogP contribution in [0.2, 0.25) is 0 Å². The zero-order valence-electron chi connectivity index (χ0n) is 9.00. The predicted molar refractivity (Wildman–Crippen MR) is 61.5 cm³/mol. The molecular formula is C13H14N2O. The summed E-state index contributed by atoms with van der Waals surface area (Å²) in [5.74, 6) is 0.765. The molecule has 0 bridgehead atoms. The average molecular weight is 214 g/mol. The van der Waals surface area contributed by atoms with E-state index in [0.29, 0.717) is 5.69 Å². The van der Waals surface area contributed by atoms with Gasteiger partial charge in [-0.2, -0.15) is 0 Å². The van der Waals surface area contributed by atoms with Gasteiger partial charge in [0.15, 0.2) is 0 Å².